The molecule has 5 aliphatic heterocycles. The molecule has 4 saturated heterocycles. The van der Waals surface area contributed by atoms with Gasteiger partial charge in [-0.1, -0.05) is 13.8 Å². The maximum atomic E-state index is 14.3. The molecule has 2 spiro atoms. The summed E-state index contributed by atoms with van der Waals surface area (Å²) in [5.74, 6) is -0.220. The van der Waals surface area contributed by atoms with Crippen LogP contribution in [-0.4, -0.2) is 50.7 Å². The second-order valence-corrected chi connectivity index (χ2v) is 11.5. The summed E-state index contributed by atoms with van der Waals surface area (Å²) in [4.78, 5) is 46.7. The molecule has 6 heterocycles. The second kappa shape index (κ2) is 5.34. The number of fused-ring (bicyclic) bond motifs is 6. The van der Waals surface area contributed by atoms with E-state index in [9.17, 15) is 14.4 Å². The molecule has 33 heavy (non-hydrogen) atoms. The van der Waals surface area contributed by atoms with Gasteiger partial charge in [0.2, 0.25) is 11.7 Å². The zero-order valence-corrected chi connectivity index (χ0v) is 19.3. The number of amides is 2. The topological polar surface area (TPSA) is 91.5 Å². The number of rotatable bonds is 0. The fourth-order valence-electron chi connectivity index (χ4n) is 7.32. The highest BCUT2D eigenvalue weighted by atomic mass is 16.5. The van der Waals surface area contributed by atoms with Crippen molar-refractivity contribution in [2.75, 3.05) is 6.54 Å². The van der Waals surface area contributed by atoms with Crippen LogP contribution in [0.1, 0.15) is 68.6 Å². The van der Waals surface area contributed by atoms with Crippen LogP contribution in [0.5, 0.6) is 5.75 Å². The van der Waals surface area contributed by atoms with Crippen molar-refractivity contribution in [2.45, 2.75) is 69.1 Å². The molecule has 1 unspecified atom stereocenters. The molecule has 1 aromatic heterocycles. The molecule has 3 atom stereocenters. The SMILES string of the molecule is CC1(C)C=Cc2c(ccc3c4c([nH]c23)C(C)(C)[C@@H]2CC35CCCN3C(=O)[C@]2(NC5=O)C4=O)O1. The minimum absolute atomic E-state index is 0.167. The van der Waals surface area contributed by atoms with Gasteiger partial charge in [-0.25, -0.2) is 0 Å². The average molecular weight is 446 g/mol. The van der Waals surface area contributed by atoms with Crippen LogP contribution in [0.4, 0.5) is 0 Å². The summed E-state index contributed by atoms with van der Waals surface area (Å²) >= 11 is 0. The summed E-state index contributed by atoms with van der Waals surface area (Å²) in [5.41, 5.74) is -0.146. The largest absolute Gasteiger partial charge is 0.483 e. The predicted octanol–water partition coefficient (Wildman–Crippen LogP) is 3.08. The van der Waals surface area contributed by atoms with Crippen molar-refractivity contribution in [3.05, 3.63) is 35.0 Å². The van der Waals surface area contributed by atoms with Crippen molar-refractivity contribution in [2.24, 2.45) is 5.92 Å². The van der Waals surface area contributed by atoms with Crippen LogP contribution in [0.25, 0.3) is 17.0 Å². The molecule has 170 valence electrons. The summed E-state index contributed by atoms with van der Waals surface area (Å²) in [7, 11) is 0. The first kappa shape index (κ1) is 19.4. The van der Waals surface area contributed by atoms with Crippen LogP contribution in [0.3, 0.4) is 0 Å². The number of carbonyl (C=O) groups is 3. The molecule has 8 rings (SSSR count). The molecular weight excluding hydrogens is 418 g/mol. The van der Waals surface area contributed by atoms with E-state index < -0.39 is 22.1 Å². The summed E-state index contributed by atoms with van der Waals surface area (Å²) in [5, 5.41) is 3.76. The Morgan fingerprint density at radius 3 is 2.70 bits per heavy atom. The first-order valence-corrected chi connectivity index (χ1v) is 11.8. The fraction of sp³-hybridized carbons (Fsp3) is 0.500. The van der Waals surface area contributed by atoms with Gasteiger partial charge in [0.15, 0.2) is 5.54 Å². The summed E-state index contributed by atoms with van der Waals surface area (Å²) in [6, 6.07) is 3.80. The highest BCUT2D eigenvalue weighted by molar-refractivity contribution is 6.28. The molecule has 7 heteroatoms. The number of hydrogen-bond donors (Lipinski definition) is 2. The number of benzene rings is 1. The van der Waals surface area contributed by atoms with Crippen molar-refractivity contribution < 1.29 is 19.1 Å². The zero-order valence-electron chi connectivity index (χ0n) is 19.3. The maximum Gasteiger partial charge on any atom is 0.257 e. The summed E-state index contributed by atoms with van der Waals surface area (Å²) in [6.45, 7) is 8.74. The van der Waals surface area contributed by atoms with E-state index >= 15 is 0 Å². The summed E-state index contributed by atoms with van der Waals surface area (Å²) in [6.07, 6.45) is 6.03. The number of ketones is 1. The lowest BCUT2D eigenvalue weighted by Crippen LogP contribution is -2.86. The van der Waals surface area contributed by atoms with Gasteiger partial charge in [-0.15, -0.1) is 0 Å². The lowest BCUT2D eigenvalue weighted by molar-refractivity contribution is -0.174. The number of aromatic amines is 1. The van der Waals surface area contributed by atoms with Crippen LogP contribution in [0.15, 0.2) is 18.2 Å². The van der Waals surface area contributed by atoms with Crippen molar-refractivity contribution in [3.8, 4) is 5.75 Å². The second-order valence-electron chi connectivity index (χ2n) is 11.5. The molecule has 2 aromatic rings. The van der Waals surface area contributed by atoms with Crippen LogP contribution in [0.2, 0.25) is 0 Å². The molecule has 1 aromatic carbocycles. The number of nitrogens with zero attached hydrogens (tertiary/aromatic N) is 1. The number of H-pyrrole nitrogens is 1. The lowest BCUT2D eigenvalue weighted by Gasteiger charge is -2.62. The van der Waals surface area contributed by atoms with Gasteiger partial charge in [-0.3, -0.25) is 14.4 Å². The molecule has 2 amide bonds. The molecule has 0 radical (unpaired) electrons. The number of aromatic nitrogens is 1. The predicted molar refractivity (Wildman–Crippen MR) is 122 cm³/mol. The Bertz CT molecular complexity index is 1370. The Hall–Kier alpha value is -3.09. The van der Waals surface area contributed by atoms with Gasteiger partial charge in [-0.2, -0.15) is 0 Å². The Balaban J connectivity index is 1.51. The monoisotopic (exact) mass is 445 g/mol. The normalized spacial score (nSPS) is 34.5. The van der Waals surface area contributed by atoms with E-state index in [4.69, 9.17) is 4.74 Å². The van der Waals surface area contributed by atoms with E-state index in [0.29, 0.717) is 24.9 Å². The maximum absolute atomic E-state index is 14.3. The van der Waals surface area contributed by atoms with Gasteiger partial charge < -0.3 is 19.9 Å². The third-order valence-corrected chi connectivity index (χ3v) is 8.97. The Kier molecular flexibility index (Phi) is 3.14. The quantitative estimate of drug-likeness (QED) is 0.610. The third kappa shape index (κ3) is 1.94. The molecule has 6 aliphatic rings. The van der Waals surface area contributed by atoms with Gasteiger partial charge in [-0.05, 0) is 57.4 Å². The number of piperidine rings is 2. The van der Waals surface area contributed by atoms with E-state index in [1.54, 1.807) is 4.90 Å². The number of carbonyl (C=O) groups excluding carboxylic acids is 3. The van der Waals surface area contributed by atoms with Gasteiger partial charge in [0.1, 0.15) is 16.9 Å². The van der Waals surface area contributed by atoms with Crippen LogP contribution in [0, 0.1) is 5.92 Å². The molecule has 2 N–H and O–H groups in total. The first-order valence-electron chi connectivity index (χ1n) is 11.8. The molecule has 0 saturated carbocycles. The molecule has 2 bridgehead atoms. The number of nitrogens with one attached hydrogen (secondary N) is 2. The van der Waals surface area contributed by atoms with Crippen molar-refractivity contribution in [1.82, 2.24) is 15.2 Å². The van der Waals surface area contributed by atoms with E-state index in [1.807, 2.05) is 38.1 Å². The zero-order chi connectivity index (χ0) is 23.1. The van der Waals surface area contributed by atoms with Crippen LogP contribution in [-0.2, 0) is 15.0 Å². The van der Waals surface area contributed by atoms with E-state index in [2.05, 4.69) is 24.1 Å². The van der Waals surface area contributed by atoms with Crippen LogP contribution < -0.4 is 10.1 Å². The molecule has 1 aliphatic carbocycles. The number of hydrogen-bond acceptors (Lipinski definition) is 4. The van der Waals surface area contributed by atoms with E-state index in [-0.39, 0.29) is 23.5 Å². The lowest BCUT2D eigenvalue weighted by atomic mass is 9.51. The standard InChI is InChI=1S/C26H27N3O4/c1-23(2)10-8-13-15(33-23)7-6-14-17-19(27-18(13)14)24(3,4)16-12-25-9-5-11-29(25)22(32)26(16,20(17)30)28-21(25)31/h6-8,10,16,27H,5,9,11-12H2,1-4H3,(H,28,31)/t16-,25?,26+/m0/s1. The van der Waals surface area contributed by atoms with Gasteiger partial charge in [0, 0.05) is 40.1 Å². The Labute approximate surface area is 191 Å². The van der Waals surface area contributed by atoms with Gasteiger partial charge in [0.05, 0.1) is 5.52 Å². The smallest absolute Gasteiger partial charge is 0.257 e. The average Bonchev–Trinajstić information content (AvgIpc) is 3.36. The summed E-state index contributed by atoms with van der Waals surface area (Å²) < 4.78 is 6.15. The number of ether oxygens (including phenoxy) is 1. The third-order valence-electron chi connectivity index (χ3n) is 8.97. The fourth-order valence-corrected chi connectivity index (χ4v) is 7.32. The van der Waals surface area contributed by atoms with Crippen LogP contribution >= 0.6 is 0 Å². The van der Waals surface area contributed by atoms with Gasteiger partial charge >= 0.3 is 0 Å². The van der Waals surface area contributed by atoms with Crippen molar-refractivity contribution in [3.63, 3.8) is 0 Å². The molecule has 4 fully saturated rings. The van der Waals surface area contributed by atoms with E-state index in [0.717, 1.165) is 34.3 Å². The van der Waals surface area contributed by atoms with Crippen molar-refractivity contribution >= 4 is 34.6 Å². The number of Topliss-reactive ketones (excluding diaryl/α,β-unsaturated/α-hetero) is 1. The highest BCUT2D eigenvalue weighted by Crippen LogP contribution is 2.59. The molecular formula is C26H27N3O4. The highest BCUT2D eigenvalue weighted by Gasteiger charge is 2.76. The molecule has 7 nitrogen and oxygen atoms in total. The number of piperazine rings is 1. The first-order chi connectivity index (χ1) is 15.5. The van der Waals surface area contributed by atoms with Crippen molar-refractivity contribution in [1.29, 1.82) is 0 Å². The Morgan fingerprint density at radius 2 is 1.91 bits per heavy atom. The minimum Gasteiger partial charge on any atom is -0.483 e. The minimum atomic E-state index is -1.53. The van der Waals surface area contributed by atoms with E-state index in [1.165, 1.54) is 0 Å². The van der Waals surface area contributed by atoms with Gasteiger partial charge in [0.25, 0.3) is 5.91 Å². The Morgan fingerprint density at radius 1 is 1.12 bits per heavy atom.